The van der Waals surface area contributed by atoms with Crippen LogP contribution in [0.1, 0.15) is 28.3 Å². The number of anilines is 2. The van der Waals surface area contributed by atoms with Crippen LogP contribution < -0.4 is 11.5 Å². The number of imidazole rings is 1. The molecule has 0 saturated heterocycles. The van der Waals surface area contributed by atoms with Gasteiger partial charge >= 0.3 is 6.18 Å². The highest BCUT2D eigenvalue weighted by atomic mass is 19.4. The van der Waals surface area contributed by atoms with Crippen molar-refractivity contribution in [3.63, 3.8) is 0 Å². The Kier molecular flexibility index (Phi) is 4.87. The lowest BCUT2D eigenvalue weighted by molar-refractivity contribution is -0.144. The van der Waals surface area contributed by atoms with Gasteiger partial charge in [-0.2, -0.15) is 13.2 Å². The first kappa shape index (κ1) is 18.5. The van der Waals surface area contributed by atoms with Crippen molar-refractivity contribution in [2.24, 2.45) is 0 Å². The summed E-state index contributed by atoms with van der Waals surface area (Å²) in [6.07, 6.45) is -4.46. The Bertz CT molecular complexity index is 891. The van der Waals surface area contributed by atoms with E-state index in [9.17, 15) is 13.2 Å². The van der Waals surface area contributed by atoms with E-state index in [4.69, 9.17) is 11.5 Å². The number of halogens is 3. The minimum Gasteiger partial charge on any atom is -0.396 e. The van der Waals surface area contributed by atoms with Crippen LogP contribution in [-0.4, -0.2) is 19.9 Å². The zero-order chi connectivity index (χ0) is 18.9. The lowest BCUT2D eigenvalue weighted by Crippen LogP contribution is -2.06. The molecule has 0 aliphatic heterocycles. The van der Waals surface area contributed by atoms with E-state index in [0.29, 0.717) is 28.3 Å². The Hall–Kier alpha value is -2.84. The maximum Gasteiger partial charge on any atom is 0.449 e. The van der Waals surface area contributed by atoms with Crippen LogP contribution in [0.4, 0.5) is 24.7 Å². The second kappa shape index (κ2) is 6.58. The van der Waals surface area contributed by atoms with E-state index in [2.05, 4.69) is 19.9 Å². The minimum absolute atomic E-state index is 0.111. The molecule has 0 aliphatic carbocycles. The largest absolute Gasteiger partial charge is 0.449 e. The third-order valence-electron chi connectivity index (χ3n) is 3.48. The normalized spacial score (nSPS) is 11.3. The van der Waals surface area contributed by atoms with E-state index in [0.717, 1.165) is 11.3 Å². The lowest BCUT2D eigenvalue weighted by atomic mass is 10.2. The number of nitrogens with two attached hydrogens (primary N) is 2. The Balaban J connectivity index is 0.000000196. The van der Waals surface area contributed by atoms with Crippen molar-refractivity contribution in [2.75, 3.05) is 11.5 Å². The fourth-order valence-electron chi connectivity index (χ4n) is 2.31. The Morgan fingerprint density at radius 2 is 1.44 bits per heavy atom. The maximum absolute atomic E-state index is 12.3. The van der Waals surface area contributed by atoms with Gasteiger partial charge in [-0.25, -0.2) is 15.0 Å². The molecule has 0 aliphatic rings. The number of nitrogens with one attached hydrogen (secondary N) is 1. The van der Waals surface area contributed by atoms with Crippen LogP contribution in [0.5, 0.6) is 0 Å². The smallest absolute Gasteiger partial charge is 0.396 e. The predicted octanol–water partition coefficient (Wildman–Crippen LogP) is 3.46. The number of aromatic amines is 1. The van der Waals surface area contributed by atoms with Crippen molar-refractivity contribution in [3.8, 4) is 0 Å². The van der Waals surface area contributed by atoms with E-state index >= 15 is 0 Å². The summed E-state index contributed by atoms with van der Waals surface area (Å²) in [6, 6.07) is 3.62. The summed E-state index contributed by atoms with van der Waals surface area (Å²) in [4.78, 5) is 13.6. The molecule has 3 aromatic rings. The highest BCUT2D eigenvalue weighted by Gasteiger charge is 2.35. The van der Waals surface area contributed by atoms with Crippen molar-refractivity contribution in [1.82, 2.24) is 19.9 Å². The highest BCUT2D eigenvalue weighted by molar-refractivity contribution is 5.74. The topological polar surface area (TPSA) is 106 Å². The second-order valence-electron chi connectivity index (χ2n) is 5.74. The molecule has 3 aromatic heterocycles. The summed E-state index contributed by atoms with van der Waals surface area (Å²) in [7, 11) is 0. The molecular weight excluding hydrogens is 333 g/mol. The second-order valence-corrected chi connectivity index (χ2v) is 5.74. The summed E-state index contributed by atoms with van der Waals surface area (Å²) >= 11 is 0. The number of hydrogen-bond donors (Lipinski definition) is 3. The number of H-pyrrole nitrogens is 1. The number of nitrogen functional groups attached to an aromatic ring is 2. The van der Waals surface area contributed by atoms with Crippen LogP contribution in [0, 0.1) is 27.7 Å². The van der Waals surface area contributed by atoms with Crippen molar-refractivity contribution < 1.29 is 13.2 Å². The summed E-state index contributed by atoms with van der Waals surface area (Å²) in [5.74, 6) is -0.573. The van der Waals surface area contributed by atoms with E-state index < -0.39 is 12.0 Å². The molecule has 0 fully saturated rings. The number of aryl methyl sites for hydroxylation is 4. The minimum atomic E-state index is -4.46. The third kappa shape index (κ3) is 4.17. The highest BCUT2D eigenvalue weighted by Crippen LogP contribution is 2.28. The van der Waals surface area contributed by atoms with Crippen LogP contribution >= 0.6 is 0 Å². The summed E-state index contributed by atoms with van der Waals surface area (Å²) in [6.45, 7) is 7.24. The number of pyridine rings is 2. The van der Waals surface area contributed by atoms with E-state index in [1.807, 2.05) is 19.9 Å². The van der Waals surface area contributed by atoms with Gasteiger partial charge in [-0.15, -0.1) is 0 Å². The number of alkyl halides is 3. The van der Waals surface area contributed by atoms with Gasteiger partial charge in [-0.1, -0.05) is 0 Å². The van der Waals surface area contributed by atoms with Crippen LogP contribution in [0.3, 0.4) is 0 Å². The predicted molar refractivity (Wildman–Crippen MR) is 90.9 cm³/mol. The Labute approximate surface area is 142 Å². The first-order valence-corrected chi connectivity index (χ1v) is 7.39. The molecule has 0 unspecified atom stereocenters. The van der Waals surface area contributed by atoms with Crippen LogP contribution in [0.15, 0.2) is 12.1 Å². The molecule has 0 aromatic carbocycles. The van der Waals surface area contributed by atoms with Gasteiger partial charge in [0.2, 0.25) is 5.82 Å². The average Bonchev–Trinajstić information content (AvgIpc) is 2.89. The molecule has 3 rings (SSSR count). The van der Waals surface area contributed by atoms with E-state index in [1.165, 1.54) is 0 Å². The SMILES string of the molecule is Cc1cc(C)c(N)c(N)n1.Cc1cc(C)c2[nH]c(C(F)(F)F)nc2n1. The van der Waals surface area contributed by atoms with Gasteiger partial charge in [0.1, 0.15) is 5.82 Å². The summed E-state index contributed by atoms with van der Waals surface area (Å²) in [5.41, 5.74) is 15.3. The van der Waals surface area contributed by atoms with E-state index in [-0.39, 0.29) is 5.65 Å². The molecule has 0 saturated carbocycles. The van der Waals surface area contributed by atoms with Gasteiger partial charge in [-0.05, 0) is 51.0 Å². The molecule has 6 nitrogen and oxygen atoms in total. The van der Waals surface area contributed by atoms with Crippen molar-refractivity contribution in [3.05, 3.63) is 40.5 Å². The van der Waals surface area contributed by atoms with Gasteiger partial charge in [0.25, 0.3) is 0 Å². The molecule has 25 heavy (non-hydrogen) atoms. The zero-order valence-electron chi connectivity index (χ0n) is 14.3. The molecule has 0 amide bonds. The van der Waals surface area contributed by atoms with Crippen molar-refractivity contribution in [1.29, 1.82) is 0 Å². The molecule has 5 N–H and O–H groups in total. The van der Waals surface area contributed by atoms with Gasteiger partial charge < -0.3 is 16.5 Å². The average molecular weight is 352 g/mol. The molecular formula is C16H19F3N6. The van der Waals surface area contributed by atoms with Crippen molar-refractivity contribution >= 4 is 22.7 Å². The first-order valence-electron chi connectivity index (χ1n) is 7.39. The zero-order valence-corrected chi connectivity index (χ0v) is 14.3. The van der Waals surface area contributed by atoms with Gasteiger partial charge in [0, 0.05) is 11.4 Å². The standard InChI is InChI=1S/C9H8F3N3.C7H11N3/c1-4-3-5(2)13-7-6(4)14-8(15-7)9(10,11)12;1-4-3-5(2)10-7(9)6(4)8/h3H,1-2H3,(H,13,14,15);3H,8H2,1-2H3,(H2,9,10). The molecule has 0 atom stereocenters. The van der Waals surface area contributed by atoms with Crippen molar-refractivity contribution in [2.45, 2.75) is 33.9 Å². The lowest BCUT2D eigenvalue weighted by Gasteiger charge is -2.03. The number of aromatic nitrogens is 4. The molecule has 134 valence electrons. The van der Waals surface area contributed by atoms with Gasteiger partial charge in [0.15, 0.2) is 5.65 Å². The summed E-state index contributed by atoms with van der Waals surface area (Å²) < 4.78 is 37.0. The molecule has 9 heteroatoms. The number of hydrogen-bond acceptors (Lipinski definition) is 5. The first-order chi connectivity index (χ1) is 11.5. The molecule has 0 bridgehead atoms. The fourth-order valence-corrected chi connectivity index (χ4v) is 2.31. The molecule has 3 heterocycles. The summed E-state index contributed by atoms with van der Waals surface area (Å²) in [5, 5.41) is 0. The Morgan fingerprint density at radius 1 is 0.880 bits per heavy atom. The third-order valence-corrected chi connectivity index (χ3v) is 3.48. The number of fused-ring (bicyclic) bond motifs is 1. The van der Waals surface area contributed by atoms with Crippen LogP contribution in [0.2, 0.25) is 0 Å². The fraction of sp³-hybridized carbons (Fsp3) is 0.312. The quantitative estimate of drug-likeness (QED) is 0.574. The number of rotatable bonds is 0. The van der Waals surface area contributed by atoms with Gasteiger partial charge in [-0.3, -0.25) is 0 Å². The van der Waals surface area contributed by atoms with Crippen LogP contribution in [-0.2, 0) is 6.18 Å². The van der Waals surface area contributed by atoms with E-state index in [1.54, 1.807) is 19.9 Å². The molecule has 0 radical (unpaired) electrons. The monoisotopic (exact) mass is 352 g/mol. The van der Waals surface area contributed by atoms with Gasteiger partial charge in [0.05, 0.1) is 11.2 Å². The maximum atomic E-state index is 12.3. The van der Waals surface area contributed by atoms with Crippen LogP contribution in [0.25, 0.3) is 11.2 Å². The number of nitrogens with zero attached hydrogens (tertiary/aromatic N) is 3. The Morgan fingerprint density at radius 3 is 2.00 bits per heavy atom. The molecule has 0 spiro atoms.